The number of carbonyl (C=O) groups excluding carboxylic acids is 3. The first-order valence-electron chi connectivity index (χ1n) is 10.8. The van der Waals surface area contributed by atoms with Crippen molar-refractivity contribution in [3.05, 3.63) is 34.0 Å². The molecule has 3 N–H and O–H groups in total. The van der Waals surface area contributed by atoms with E-state index in [9.17, 15) is 14.4 Å². The van der Waals surface area contributed by atoms with Crippen LogP contribution in [-0.2, 0) is 9.59 Å². The van der Waals surface area contributed by atoms with Crippen molar-refractivity contribution >= 4 is 35.3 Å². The van der Waals surface area contributed by atoms with Gasteiger partial charge >= 0.3 is 0 Å². The molecule has 0 aromatic carbocycles. The largest absolute Gasteiger partial charge is 0.387 e. The molecule has 1 aromatic rings. The Kier molecular flexibility index (Phi) is 10.5. The van der Waals surface area contributed by atoms with Crippen LogP contribution in [0.4, 0.5) is 0 Å². The van der Waals surface area contributed by atoms with Crippen LogP contribution in [-0.4, -0.2) is 30.0 Å². The predicted molar refractivity (Wildman–Crippen MR) is 132 cm³/mol. The lowest BCUT2D eigenvalue weighted by atomic mass is 9.72. The maximum Gasteiger partial charge on any atom is 0.269 e. The molecule has 0 bridgehead atoms. The lowest BCUT2D eigenvalue weighted by molar-refractivity contribution is -0.122. The summed E-state index contributed by atoms with van der Waals surface area (Å²) in [6.07, 6.45) is 4.76. The fraction of sp³-hybridized carbons (Fsp3) is 0.520. The molecule has 2 rings (SSSR count). The second-order valence-corrected chi connectivity index (χ2v) is 10.1. The van der Waals surface area contributed by atoms with Gasteiger partial charge < -0.3 is 11.1 Å². The van der Waals surface area contributed by atoms with E-state index in [0.717, 1.165) is 15.7 Å². The van der Waals surface area contributed by atoms with Crippen LogP contribution in [0, 0.1) is 23.2 Å². The number of thiophene rings is 1. The number of hydrogen-bond acceptors (Lipinski definition) is 4. The van der Waals surface area contributed by atoms with E-state index in [1.165, 1.54) is 35.8 Å². The van der Waals surface area contributed by atoms with Crippen molar-refractivity contribution in [2.45, 2.75) is 72.8 Å². The molecule has 1 aromatic heterocycles. The van der Waals surface area contributed by atoms with Crippen LogP contribution in [0.15, 0.2) is 23.7 Å². The summed E-state index contributed by atoms with van der Waals surface area (Å²) in [6.45, 7) is 15.5. The summed E-state index contributed by atoms with van der Waals surface area (Å²) in [5.74, 6) is 7.65. The molecular formula is C25H35N3O3S. The fourth-order valence-electron chi connectivity index (χ4n) is 2.95. The number of ketones is 1. The van der Waals surface area contributed by atoms with E-state index in [2.05, 4.69) is 62.5 Å². The minimum absolute atomic E-state index is 0.0161. The molecule has 0 saturated heterocycles. The van der Waals surface area contributed by atoms with Gasteiger partial charge in [-0.2, -0.15) is 4.99 Å². The van der Waals surface area contributed by atoms with E-state index in [-0.39, 0.29) is 17.0 Å². The molecule has 1 aliphatic carbocycles. The second kappa shape index (κ2) is 12.4. The molecule has 0 spiro atoms. The summed E-state index contributed by atoms with van der Waals surface area (Å²) in [6, 6.07) is 1.52. The van der Waals surface area contributed by atoms with Crippen LogP contribution in [0.1, 0.15) is 86.8 Å². The quantitative estimate of drug-likeness (QED) is 0.158. The van der Waals surface area contributed by atoms with Crippen LogP contribution in [0.3, 0.4) is 0 Å². The monoisotopic (exact) mass is 457 g/mol. The molecule has 6 nitrogen and oxygen atoms in total. The van der Waals surface area contributed by atoms with E-state index in [4.69, 9.17) is 5.73 Å². The number of rotatable bonds is 7. The molecule has 1 aliphatic rings. The SMILES string of the molecule is C=CC(=O)c1sc(C#CC(C)(C)C)cc1C1CC(C)C1.CCC(N)=NC(=O)C(C)NC=O. The van der Waals surface area contributed by atoms with E-state index < -0.39 is 11.9 Å². The van der Waals surface area contributed by atoms with Crippen LogP contribution < -0.4 is 11.1 Å². The Labute approximate surface area is 195 Å². The summed E-state index contributed by atoms with van der Waals surface area (Å²) in [7, 11) is 0. The lowest BCUT2D eigenvalue weighted by Crippen LogP contribution is -2.32. The molecule has 2 amide bonds. The Hall–Kier alpha value is -2.72. The van der Waals surface area contributed by atoms with E-state index in [0.29, 0.717) is 18.7 Å². The Balaban J connectivity index is 0.000000368. The maximum absolute atomic E-state index is 12.0. The molecule has 0 radical (unpaired) electrons. The van der Waals surface area contributed by atoms with Gasteiger partial charge in [0.1, 0.15) is 11.9 Å². The van der Waals surface area contributed by atoms with E-state index in [1.54, 1.807) is 13.8 Å². The highest BCUT2D eigenvalue weighted by atomic mass is 32.1. The first kappa shape index (κ1) is 27.3. The van der Waals surface area contributed by atoms with E-state index in [1.807, 2.05) is 0 Å². The summed E-state index contributed by atoms with van der Waals surface area (Å²) < 4.78 is 0. The van der Waals surface area contributed by atoms with Crippen LogP contribution in [0.2, 0.25) is 0 Å². The number of allylic oxidation sites excluding steroid dienone is 1. The Morgan fingerprint density at radius 3 is 2.50 bits per heavy atom. The first-order valence-corrected chi connectivity index (χ1v) is 11.6. The molecule has 32 heavy (non-hydrogen) atoms. The molecule has 1 atom stereocenters. The minimum atomic E-state index is -0.604. The molecule has 0 aliphatic heterocycles. The van der Waals surface area contributed by atoms with E-state index >= 15 is 0 Å². The third-order valence-corrected chi connectivity index (χ3v) is 5.93. The number of amidine groups is 1. The summed E-state index contributed by atoms with van der Waals surface area (Å²) in [5.41, 5.74) is 6.50. The number of carbonyl (C=O) groups is 3. The molecule has 1 unspecified atom stereocenters. The molecule has 1 saturated carbocycles. The second-order valence-electron chi connectivity index (χ2n) is 9.04. The number of hydrogen-bond donors (Lipinski definition) is 2. The number of nitrogens with zero attached hydrogens (tertiary/aromatic N) is 1. The van der Waals surface area contributed by atoms with Crippen LogP contribution in [0.5, 0.6) is 0 Å². The average Bonchev–Trinajstić information content (AvgIpc) is 3.13. The first-order chi connectivity index (χ1) is 14.9. The molecule has 174 valence electrons. The van der Waals surface area contributed by atoms with Gasteiger partial charge in [-0.25, -0.2) is 0 Å². The normalized spacial score (nSPS) is 18.6. The Bertz CT molecular complexity index is 922. The minimum Gasteiger partial charge on any atom is -0.387 e. The zero-order valence-electron chi connectivity index (χ0n) is 20.0. The third kappa shape index (κ3) is 8.80. The Morgan fingerprint density at radius 1 is 1.41 bits per heavy atom. The fourth-order valence-corrected chi connectivity index (χ4v) is 3.99. The predicted octanol–water partition coefficient (Wildman–Crippen LogP) is 4.44. The Morgan fingerprint density at radius 2 is 2.03 bits per heavy atom. The van der Waals surface area contributed by atoms with Crippen molar-refractivity contribution in [1.82, 2.24) is 5.32 Å². The molecule has 1 fully saturated rings. The standard InChI is InChI=1S/C18H22OS.C7H13N3O2/c1-6-16(19)17-15(13-9-12(2)10-13)11-14(20-17)7-8-18(3,4)5;1-3-6(8)10-7(12)5(2)9-4-11/h6,11-13H,1,9-10H2,2-5H3;4-5H,3H2,1-2H3,(H,9,11)(H2,8,10,12). The van der Waals surface area contributed by atoms with Crippen molar-refractivity contribution in [3.63, 3.8) is 0 Å². The maximum atomic E-state index is 12.0. The smallest absolute Gasteiger partial charge is 0.269 e. The molecule has 7 heteroatoms. The van der Waals surface area contributed by atoms with Gasteiger partial charge in [0.05, 0.1) is 9.75 Å². The number of amides is 2. The van der Waals surface area contributed by atoms with Gasteiger partial charge in [-0.3, -0.25) is 14.4 Å². The van der Waals surface area contributed by atoms with Gasteiger partial charge in [-0.15, -0.1) is 11.3 Å². The van der Waals surface area contributed by atoms with Crippen LogP contribution in [0.25, 0.3) is 0 Å². The summed E-state index contributed by atoms with van der Waals surface area (Å²) in [4.78, 5) is 38.4. The van der Waals surface area contributed by atoms with Gasteiger partial charge in [0.15, 0.2) is 5.78 Å². The third-order valence-electron chi connectivity index (χ3n) is 4.85. The number of nitrogens with one attached hydrogen (secondary N) is 1. The van der Waals surface area contributed by atoms with Crippen molar-refractivity contribution in [2.75, 3.05) is 0 Å². The van der Waals surface area contributed by atoms with Crippen molar-refractivity contribution in [1.29, 1.82) is 0 Å². The topological polar surface area (TPSA) is 102 Å². The zero-order chi connectivity index (χ0) is 24.5. The van der Waals surface area contributed by atoms with Gasteiger partial charge in [0.2, 0.25) is 6.41 Å². The van der Waals surface area contributed by atoms with Crippen molar-refractivity contribution in [3.8, 4) is 11.8 Å². The highest BCUT2D eigenvalue weighted by Gasteiger charge is 2.31. The van der Waals surface area contributed by atoms with Crippen molar-refractivity contribution < 1.29 is 14.4 Å². The zero-order valence-corrected chi connectivity index (χ0v) is 20.8. The lowest BCUT2D eigenvalue weighted by Gasteiger charge is -2.32. The van der Waals surface area contributed by atoms with Crippen molar-refractivity contribution in [2.24, 2.45) is 22.1 Å². The molecule has 1 heterocycles. The number of aliphatic imine (C=N–C) groups is 1. The molecular weight excluding hydrogens is 422 g/mol. The summed E-state index contributed by atoms with van der Waals surface area (Å²) >= 11 is 1.52. The highest BCUT2D eigenvalue weighted by Crippen LogP contribution is 2.44. The number of nitrogens with two attached hydrogens (primary N) is 1. The van der Waals surface area contributed by atoms with Gasteiger partial charge in [-0.1, -0.05) is 32.3 Å². The average molecular weight is 458 g/mol. The highest BCUT2D eigenvalue weighted by molar-refractivity contribution is 7.14. The summed E-state index contributed by atoms with van der Waals surface area (Å²) in [5, 5.41) is 2.28. The van der Waals surface area contributed by atoms with Gasteiger partial charge in [-0.05, 0) is 70.1 Å². The van der Waals surface area contributed by atoms with Gasteiger partial charge in [0, 0.05) is 11.8 Å². The van der Waals surface area contributed by atoms with Crippen LogP contribution >= 0.6 is 11.3 Å². The van der Waals surface area contributed by atoms with Gasteiger partial charge in [0.25, 0.3) is 5.91 Å².